The van der Waals surface area contributed by atoms with Crippen LogP contribution in [0.3, 0.4) is 0 Å². The zero-order chi connectivity index (χ0) is 14.9. The highest BCUT2D eigenvalue weighted by Gasteiger charge is 2.11. The first kappa shape index (κ1) is 14.8. The fourth-order valence-corrected chi connectivity index (χ4v) is 2.95. The molecule has 0 amide bonds. The molecule has 0 saturated carbocycles. The van der Waals surface area contributed by atoms with Gasteiger partial charge in [-0.25, -0.2) is 0 Å². The summed E-state index contributed by atoms with van der Waals surface area (Å²) in [7, 11) is 2.03. The Kier molecular flexibility index (Phi) is 4.29. The average Bonchev–Trinajstić information content (AvgIpc) is 2.37. The van der Waals surface area contributed by atoms with Gasteiger partial charge in [-0.05, 0) is 66.5 Å². The number of benzene rings is 2. The van der Waals surface area contributed by atoms with E-state index >= 15 is 0 Å². The van der Waals surface area contributed by atoms with E-state index in [-0.39, 0.29) is 5.78 Å². The van der Waals surface area contributed by atoms with Crippen LogP contribution in [0.1, 0.15) is 28.4 Å². The number of rotatable bonds is 3. The summed E-state index contributed by atoms with van der Waals surface area (Å²) in [4.78, 5) is 13.5. The van der Waals surface area contributed by atoms with E-state index < -0.39 is 0 Å². The largest absolute Gasteiger partial charge is 0.343 e. The molecule has 0 spiro atoms. The second-order valence-corrected chi connectivity index (χ2v) is 5.93. The van der Waals surface area contributed by atoms with Crippen molar-refractivity contribution in [2.75, 3.05) is 11.9 Å². The van der Waals surface area contributed by atoms with E-state index in [1.165, 1.54) is 11.1 Å². The monoisotopic (exact) mass is 331 g/mol. The van der Waals surface area contributed by atoms with E-state index in [9.17, 15) is 4.79 Å². The lowest BCUT2D eigenvalue weighted by atomic mass is 10.1. The minimum Gasteiger partial charge on any atom is -0.343 e. The van der Waals surface area contributed by atoms with E-state index in [1.54, 1.807) is 6.92 Å². The van der Waals surface area contributed by atoms with Crippen LogP contribution in [0.15, 0.2) is 40.9 Å². The number of carbonyl (C=O) groups is 1. The summed E-state index contributed by atoms with van der Waals surface area (Å²) in [5.74, 6) is 0.0754. The van der Waals surface area contributed by atoms with Crippen LogP contribution >= 0.6 is 15.9 Å². The number of aryl methyl sites for hydroxylation is 2. The number of anilines is 2. The molecule has 0 heterocycles. The SMILES string of the molecule is CC(=O)c1ccc(N(C)c2ccc(C)cc2C)c(Br)c1. The molecule has 104 valence electrons. The number of carbonyl (C=O) groups excluding carboxylic acids is 1. The minimum atomic E-state index is 0.0754. The van der Waals surface area contributed by atoms with Crippen LogP contribution < -0.4 is 4.90 Å². The van der Waals surface area contributed by atoms with E-state index in [2.05, 4.69) is 52.9 Å². The zero-order valence-electron chi connectivity index (χ0n) is 12.2. The van der Waals surface area contributed by atoms with Crippen LogP contribution in [0.4, 0.5) is 11.4 Å². The molecule has 0 N–H and O–H groups in total. The van der Waals surface area contributed by atoms with Gasteiger partial charge in [-0.2, -0.15) is 0 Å². The van der Waals surface area contributed by atoms with Crippen molar-refractivity contribution in [2.24, 2.45) is 0 Å². The Hall–Kier alpha value is -1.61. The lowest BCUT2D eigenvalue weighted by Crippen LogP contribution is -2.12. The summed E-state index contributed by atoms with van der Waals surface area (Å²) in [5, 5.41) is 0. The van der Waals surface area contributed by atoms with Gasteiger partial charge in [0.05, 0.1) is 5.69 Å². The van der Waals surface area contributed by atoms with Crippen LogP contribution in [-0.2, 0) is 0 Å². The molecule has 0 atom stereocenters. The van der Waals surface area contributed by atoms with Crippen molar-refractivity contribution in [3.63, 3.8) is 0 Å². The van der Waals surface area contributed by atoms with Crippen molar-refractivity contribution in [1.82, 2.24) is 0 Å². The Morgan fingerprint density at radius 2 is 1.70 bits per heavy atom. The quantitative estimate of drug-likeness (QED) is 0.734. The van der Waals surface area contributed by atoms with Crippen molar-refractivity contribution in [2.45, 2.75) is 20.8 Å². The summed E-state index contributed by atoms with van der Waals surface area (Å²) in [6.07, 6.45) is 0. The first-order valence-corrected chi connectivity index (χ1v) is 7.31. The normalized spacial score (nSPS) is 10.4. The predicted molar refractivity (Wildman–Crippen MR) is 88.1 cm³/mol. The lowest BCUT2D eigenvalue weighted by Gasteiger charge is -2.23. The molecule has 2 aromatic rings. The van der Waals surface area contributed by atoms with Crippen LogP contribution in [0.5, 0.6) is 0 Å². The van der Waals surface area contributed by atoms with Crippen molar-refractivity contribution >= 4 is 33.1 Å². The first-order valence-electron chi connectivity index (χ1n) is 6.51. The fraction of sp³-hybridized carbons (Fsp3) is 0.235. The Morgan fingerprint density at radius 3 is 2.25 bits per heavy atom. The van der Waals surface area contributed by atoms with Crippen molar-refractivity contribution in [3.8, 4) is 0 Å². The van der Waals surface area contributed by atoms with Gasteiger partial charge in [-0.1, -0.05) is 17.7 Å². The maximum absolute atomic E-state index is 11.4. The van der Waals surface area contributed by atoms with Gasteiger partial charge in [-0.15, -0.1) is 0 Å². The molecule has 0 aromatic heterocycles. The Morgan fingerprint density at radius 1 is 1.05 bits per heavy atom. The fourth-order valence-electron chi connectivity index (χ4n) is 2.31. The first-order chi connectivity index (χ1) is 9.40. The molecule has 0 saturated heterocycles. The third kappa shape index (κ3) is 2.93. The predicted octanol–water partition coefficient (Wildman–Crippen LogP) is 5.04. The van der Waals surface area contributed by atoms with Crippen molar-refractivity contribution in [1.29, 1.82) is 0 Å². The Balaban J connectivity index is 2.43. The van der Waals surface area contributed by atoms with Gasteiger partial charge in [0, 0.05) is 22.8 Å². The standard InChI is InChI=1S/C17H18BrNO/c1-11-5-7-16(12(2)9-11)19(4)17-8-6-14(13(3)20)10-15(17)18/h5-10H,1-4H3. The third-order valence-corrected chi connectivity index (χ3v) is 4.06. The summed E-state index contributed by atoms with van der Waals surface area (Å²) in [6.45, 7) is 5.78. The number of Topliss-reactive ketones (excluding diaryl/α,β-unsaturated/α-hetero) is 1. The third-order valence-electron chi connectivity index (χ3n) is 3.43. The molecule has 0 aliphatic carbocycles. The number of halogens is 1. The van der Waals surface area contributed by atoms with Crippen LogP contribution in [-0.4, -0.2) is 12.8 Å². The lowest BCUT2D eigenvalue weighted by molar-refractivity contribution is 0.101. The molecule has 0 unspecified atom stereocenters. The van der Waals surface area contributed by atoms with Gasteiger partial charge < -0.3 is 4.90 Å². The smallest absolute Gasteiger partial charge is 0.159 e. The Labute approximate surface area is 128 Å². The highest BCUT2D eigenvalue weighted by Crippen LogP contribution is 2.33. The number of hydrogen-bond acceptors (Lipinski definition) is 2. The summed E-state index contributed by atoms with van der Waals surface area (Å²) in [5.41, 5.74) is 5.41. The molecule has 2 aromatic carbocycles. The second kappa shape index (κ2) is 5.80. The minimum absolute atomic E-state index is 0.0754. The molecular formula is C17H18BrNO. The molecule has 3 heteroatoms. The summed E-state index contributed by atoms with van der Waals surface area (Å²) < 4.78 is 0.924. The molecule has 0 bridgehead atoms. The van der Waals surface area contributed by atoms with E-state index in [0.29, 0.717) is 0 Å². The molecular weight excluding hydrogens is 314 g/mol. The zero-order valence-corrected chi connectivity index (χ0v) is 13.8. The molecule has 2 nitrogen and oxygen atoms in total. The van der Waals surface area contributed by atoms with Gasteiger partial charge >= 0.3 is 0 Å². The molecule has 0 fully saturated rings. The number of nitrogens with zero attached hydrogens (tertiary/aromatic N) is 1. The highest BCUT2D eigenvalue weighted by atomic mass is 79.9. The Bertz CT molecular complexity index is 664. The molecule has 2 rings (SSSR count). The topological polar surface area (TPSA) is 20.3 Å². The van der Waals surface area contributed by atoms with Gasteiger partial charge in [0.2, 0.25) is 0 Å². The van der Waals surface area contributed by atoms with Crippen LogP contribution in [0, 0.1) is 13.8 Å². The van der Waals surface area contributed by atoms with Crippen molar-refractivity contribution in [3.05, 3.63) is 57.6 Å². The van der Waals surface area contributed by atoms with Gasteiger partial charge in [0.15, 0.2) is 5.78 Å². The van der Waals surface area contributed by atoms with E-state index in [4.69, 9.17) is 0 Å². The maximum Gasteiger partial charge on any atom is 0.159 e. The van der Waals surface area contributed by atoms with Crippen LogP contribution in [0.2, 0.25) is 0 Å². The summed E-state index contributed by atoms with van der Waals surface area (Å²) >= 11 is 3.56. The summed E-state index contributed by atoms with van der Waals surface area (Å²) in [6, 6.07) is 12.1. The molecule has 0 aliphatic heterocycles. The second-order valence-electron chi connectivity index (χ2n) is 5.07. The highest BCUT2D eigenvalue weighted by molar-refractivity contribution is 9.10. The van der Waals surface area contributed by atoms with Crippen LogP contribution in [0.25, 0.3) is 0 Å². The van der Waals surface area contributed by atoms with E-state index in [0.717, 1.165) is 21.4 Å². The molecule has 0 radical (unpaired) electrons. The van der Waals surface area contributed by atoms with Gasteiger partial charge in [-0.3, -0.25) is 4.79 Å². The van der Waals surface area contributed by atoms with E-state index in [1.807, 2.05) is 25.2 Å². The maximum atomic E-state index is 11.4. The molecule has 0 aliphatic rings. The number of hydrogen-bond donors (Lipinski definition) is 0. The van der Waals surface area contributed by atoms with Gasteiger partial charge in [0.1, 0.15) is 0 Å². The van der Waals surface area contributed by atoms with Gasteiger partial charge in [0.25, 0.3) is 0 Å². The number of ketones is 1. The average molecular weight is 332 g/mol. The molecule has 20 heavy (non-hydrogen) atoms. The van der Waals surface area contributed by atoms with Crippen molar-refractivity contribution < 1.29 is 4.79 Å².